The van der Waals surface area contributed by atoms with Gasteiger partial charge in [-0.25, -0.2) is 4.39 Å². The molecule has 2 rings (SSSR count). The summed E-state index contributed by atoms with van der Waals surface area (Å²) in [5, 5.41) is 1.17. The van der Waals surface area contributed by atoms with Gasteiger partial charge in [0.25, 0.3) is 0 Å². The highest BCUT2D eigenvalue weighted by Gasteiger charge is 2.20. The van der Waals surface area contributed by atoms with Gasteiger partial charge < -0.3 is 0 Å². The molecular formula is C14H14BrClFN. The van der Waals surface area contributed by atoms with Crippen LogP contribution in [0, 0.1) is 12.7 Å². The lowest BCUT2D eigenvalue weighted by molar-refractivity contribution is 0.571. The van der Waals surface area contributed by atoms with Crippen molar-refractivity contribution in [2.24, 2.45) is 0 Å². The van der Waals surface area contributed by atoms with Crippen LogP contribution in [0.25, 0.3) is 10.9 Å². The number of benzene rings is 1. The van der Waals surface area contributed by atoms with Gasteiger partial charge in [-0.15, -0.1) is 0 Å². The first-order valence-corrected chi connectivity index (χ1v) is 6.84. The van der Waals surface area contributed by atoms with Gasteiger partial charge in [-0.3, -0.25) is 4.98 Å². The van der Waals surface area contributed by atoms with Crippen molar-refractivity contribution in [1.29, 1.82) is 0 Å². The van der Waals surface area contributed by atoms with Crippen LogP contribution in [-0.4, -0.2) is 4.98 Å². The van der Waals surface area contributed by atoms with E-state index in [4.69, 9.17) is 11.6 Å². The Balaban J connectivity index is 2.91. The van der Waals surface area contributed by atoms with Gasteiger partial charge in [0.2, 0.25) is 0 Å². The van der Waals surface area contributed by atoms with Gasteiger partial charge in [-0.1, -0.05) is 32.4 Å². The number of aromatic nitrogens is 1. The maximum Gasteiger partial charge on any atom is 0.138 e. The number of fused-ring (bicyclic) bond motifs is 1. The largest absolute Gasteiger partial charge is 0.252 e. The molecule has 18 heavy (non-hydrogen) atoms. The van der Waals surface area contributed by atoms with Gasteiger partial charge in [0, 0.05) is 16.5 Å². The molecule has 0 spiro atoms. The van der Waals surface area contributed by atoms with Crippen LogP contribution in [0.1, 0.15) is 32.0 Å². The first-order chi connectivity index (χ1) is 8.21. The molecule has 0 aliphatic heterocycles. The number of halogens is 3. The van der Waals surface area contributed by atoms with Gasteiger partial charge in [0.15, 0.2) is 0 Å². The SMILES string of the molecule is Cc1cc(F)c(Br)c2c(Cl)cc(C(C)(C)C)nc12. The average molecular weight is 331 g/mol. The van der Waals surface area contributed by atoms with Gasteiger partial charge in [0.05, 0.1) is 15.0 Å². The van der Waals surface area contributed by atoms with Crippen LogP contribution in [0.5, 0.6) is 0 Å². The molecule has 0 aliphatic rings. The summed E-state index contributed by atoms with van der Waals surface area (Å²) in [6, 6.07) is 3.29. The molecule has 0 unspecified atom stereocenters. The van der Waals surface area contributed by atoms with Crippen molar-refractivity contribution < 1.29 is 4.39 Å². The Kier molecular flexibility index (Phi) is 3.41. The van der Waals surface area contributed by atoms with Crippen LogP contribution in [0.2, 0.25) is 5.02 Å². The predicted octanol–water partition coefficient (Wildman–Crippen LogP) is 5.40. The number of pyridine rings is 1. The minimum absolute atomic E-state index is 0.0921. The number of nitrogens with zero attached hydrogens (tertiary/aromatic N) is 1. The third kappa shape index (κ3) is 2.26. The quantitative estimate of drug-likeness (QED) is 0.630. The lowest BCUT2D eigenvalue weighted by atomic mass is 9.91. The molecular weight excluding hydrogens is 317 g/mol. The first-order valence-electron chi connectivity index (χ1n) is 5.67. The molecule has 0 saturated carbocycles. The average Bonchev–Trinajstić information content (AvgIpc) is 2.24. The predicted molar refractivity (Wildman–Crippen MR) is 77.8 cm³/mol. The summed E-state index contributed by atoms with van der Waals surface area (Å²) in [6.45, 7) is 8.07. The lowest BCUT2D eigenvalue weighted by Gasteiger charge is -2.19. The maximum absolute atomic E-state index is 13.7. The van der Waals surface area contributed by atoms with E-state index in [0.29, 0.717) is 14.9 Å². The zero-order valence-electron chi connectivity index (χ0n) is 10.7. The normalized spacial score (nSPS) is 12.2. The highest BCUT2D eigenvalue weighted by atomic mass is 79.9. The van der Waals surface area contributed by atoms with E-state index < -0.39 is 0 Å². The number of rotatable bonds is 0. The maximum atomic E-state index is 13.7. The first kappa shape index (κ1) is 13.8. The number of hydrogen-bond donors (Lipinski definition) is 0. The van der Waals surface area contributed by atoms with E-state index in [2.05, 4.69) is 41.7 Å². The van der Waals surface area contributed by atoms with Crippen molar-refractivity contribution in [2.45, 2.75) is 33.1 Å². The molecule has 0 bridgehead atoms. The van der Waals surface area contributed by atoms with E-state index in [1.807, 2.05) is 13.0 Å². The molecule has 0 atom stereocenters. The number of hydrogen-bond acceptors (Lipinski definition) is 1. The van der Waals surface area contributed by atoms with Crippen molar-refractivity contribution in [3.8, 4) is 0 Å². The van der Waals surface area contributed by atoms with Gasteiger partial charge in [-0.05, 0) is 40.5 Å². The Bertz CT molecular complexity index is 632. The highest BCUT2D eigenvalue weighted by Crippen LogP contribution is 2.36. The van der Waals surface area contributed by atoms with Crippen LogP contribution >= 0.6 is 27.5 Å². The van der Waals surface area contributed by atoms with Gasteiger partial charge in [-0.2, -0.15) is 0 Å². The standard InChI is InChI=1S/C14H14BrClFN/c1-7-5-9(17)12(15)11-8(16)6-10(14(2,3)4)18-13(7)11/h5-6H,1-4H3. The van der Waals surface area contributed by atoms with Gasteiger partial charge in [0.1, 0.15) is 5.82 Å². The summed E-state index contributed by atoms with van der Waals surface area (Å²) in [6.07, 6.45) is 0. The Hall–Kier alpha value is -0.670. The van der Waals surface area contributed by atoms with Crippen molar-refractivity contribution in [3.05, 3.63) is 38.7 Å². The number of aryl methyl sites for hydroxylation is 1. The van der Waals surface area contributed by atoms with E-state index in [-0.39, 0.29) is 11.2 Å². The van der Waals surface area contributed by atoms with E-state index in [9.17, 15) is 4.39 Å². The van der Waals surface area contributed by atoms with Crippen LogP contribution in [-0.2, 0) is 5.41 Å². The Morgan fingerprint density at radius 2 is 1.89 bits per heavy atom. The van der Waals surface area contributed by atoms with Crippen molar-refractivity contribution in [3.63, 3.8) is 0 Å². The summed E-state index contributed by atoms with van der Waals surface area (Å²) in [4.78, 5) is 4.63. The van der Waals surface area contributed by atoms with Gasteiger partial charge >= 0.3 is 0 Å². The second-order valence-electron chi connectivity index (χ2n) is 5.45. The minimum Gasteiger partial charge on any atom is -0.252 e. The molecule has 2 aromatic rings. The summed E-state index contributed by atoms with van der Waals surface area (Å²) in [5.41, 5.74) is 2.35. The smallest absolute Gasteiger partial charge is 0.138 e. The fourth-order valence-corrected chi connectivity index (χ4v) is 2.75. The third-order valence-corrected chi connectivity index (χ3v) is 3.96. The second kappa shape index (κ2) is 4.46. The molecule has 0 radical (unpaired) electrons. The Labute approximate surface area is 119 Å². The molecule has 0 fully saturated rings. The van der Waals surface area contributed by atoms with Crippen LogP contribution < -0.4 is 0 Å². The molecule has 96 valence electrons. The zero-order chi connectivity index (χ0) is 13.7. The van der Waals surface area contributed by atoms with E-state index in [1.54, 1.807) is 0 Å². The van der Waals surface area contributed by atoms with Crippen LogP contribution in [0.3, 0.4) is 0 Å². The van der Waals surface area contributed by atoms with Crippen molar-refractivity contribution in [2.75, 3.05) is 0 Å². The molecule has 0 amide bonds. The molecule has 0 N–H and O–H groups in total. The van der Waals surface area contributed by atoms with E-state index >= 15 is 0 Å². The fourth-order valence-electron chi connectivity index (χ4n) is 1.83. The summed E-state index contributed by atoms with van der Waals surface area (Å²) in [7, 11) is 0. The van der Waals surface area contributed by atoms with Crippen LogP contribution in [0.15, 0.2) is 16.6 Å². The molecule has 4 heteroatoms. The van der Waals surface area contributed by atoms with Crippen molar-refractivity contribution in [1.82, 2.24) is 4.98 Å². The van der Waals surface area contributed by atoms with E-state index in [1.165, 1.54) is 6.07 Å². The third-order valence-electron chi connectivity index (χ3n) is 2.89. The molecule has 0 saturated heterocycles. The molecule has 1 nitrogen and oxygen atoms in total. The topological polar surface area (TPSA) is 12.9 Å². The van der Waals surface area contributed by atoms with Crippen LogP contribution in [0.4, 0.5) is 4.39 Å². The molecule has 1 aromatic carbocycles. The molecule has 0 aliphatic carbocycles. The summed E-state index contributed by atoms with van der Waals surface area (Å²) >= 11 is 9.52. The summed E-state index contributed by atoms with van der Waals surface area (Å²) in [5.74, 6) is -0.313. The Morgan fingerprint density at radius 1 is 1.28 bits per heavy atom. The molecule has 1 aromatic heterocycles. The highest BCUT2D eigenvalue weighted by molar-refractivity contribution is 9.10. The minimum atomic E-state index is -0.313. The van der Waals surface area contributed by atoms with Crippen molar-refractivity contribution >= 4 is 38.4 Å². The zero-order valence-corrected chi connectivity index (χ0v) is 13.1. The second-order valence-corrected chi connectivity index (χ2v) is 6.65. The monoisotopic (exact) mass is 329 g/mol. The Morgan fingerprint density at radius 3 is 2.44 bits per heavy atom. The molecule has 1 heterocycles. The summed E-state index contributed by atoms with van der Waals surface area (Å²) < 4.78 is 14.1. The fraction of sp³-hybridized carbons (Fsp3) is 0.357. The van der Waals surface area contributed by atoms with E-state index in [0.717, 1.165) is 16.8 Å². The lowest BCUT2D eigenvalue weighted by Crippen LogP contribution is -2.13.